The van der Waals surface area contributed by atoms with Gasteiger partial charge in [0.1, 0.15) is 5.75 Å². The summed E-state index contributed by atoms with van der Waals surface area (Å²) >= 11 is 0. The zero-order valence-electron chi connectivity index (χ0n) is 10.8. The van der Waals surface area contributed by atoms with Gasteiger partial charge in [0.05, 0.1) is 29.0 Å². The number of ether oxygens (including phenoxy) is 2. The average Bonchev–Trinajstić information content (AvgIpc) is 2.32. The molecule has 6 heteroatoms. The van der Waals surface area contributed by atoms with Crippen LogP contribution < -0.4 is 10.5 Å². The minimum Gasteiger partial charge on any atom is -0.494 e. The maximum atomic E-state index is 12.3. The van der Waals surface area contributed by atoms with E-state index in [1.165, 1.54) is 19.2 Å². The van der Waals surface area contributed by atoms with Gasteiger partial charge in [0.2, 0.25) is 0 Å². The normalized spacial score (nSPS) is 13.3. The third kappa shape index (κ3) is 3.14. The second-order valence-electron chi connectivity index (χ2n) is 3.94. The molecule has 5 nitrogen and oxygen atoms in total. The standard InChI is InChI=1S/C12H19NO4S/c1-4-17-10-5-6-11(13)12(7-10)18(14,15)9(2)8-16-3/h5-7,9H,4,8,13H2,1-3H3. The van der Waals surface area contributed by atoms with E-state index in [2.05, 4.69) is 0 Å². The zero-order chi connectivity index (χ0) is 13.8. The van der Waals surface area contributed by atoms with Gasteiger partial charge in [-0.2, -0.15) is 0 Å². The lowest BCUT2D eigenvalue weighted by Crippen LogP contribution is -2.23. The highest BCUT2D eigenvalue weighted by Gasteiger charge is 2.25. The first-order valence-electron chi connectivity index (χ1n) is 5.68. The largest absolute Gasteiger partial charge is 0.494 e. The maximum Gasteiger partial charge on any atom is 0.185 e. The molecule has 102 valence electrons. The number of rotatable bonds is 6. The third-order valence-electron chi connectivity index (χ3n) is 2.53. The molecule has 0 spiro atoms. The third-order valence-corrected chi connectivity index (χ3v) is 4.70. The Balaban J connectivity index is 3.18. The van der Waals surface area contributed by atoms with E-state index in [1.54, 1.807) is 13.0 Å². The van der Waals surface area contributed by atoms with Crippen LogP contribution in [0.25, 0.3) is 0 Å². The molecule has 0 aromatic heterocycles. The van der Waals surface area contributed by atoms with Crippen LogP contribution in [0, 0.1) is 0 Å². The summed E-state index contributed by atoms with van der Waals surface area (Å²) in [4.78, 5) is 0.0954. The summed E-state index contributed by atoms with van der Waals surface area (Å²) in [5, 5.41) is -0.651. The van der Waals surface area contributed by atoms with Gasteiger partial charge in [-0.3, -0.25) is 0 Å². The molecule has 2 N–H and O–H groups in total. The molecule has 0 saturated carbocycles. The second kappa shape index (κ2) is 6.06. The molecule has 1 aromatic rings. The van der Waals surface area contributed by atoms with Gasteiger partial charge in [-0.15, -0.1) is 0 Å². The lowest BCUT2D eigenvalue weighted by atomic mass is 10.3. The van der Waals surface area contributed by atoms with Gasteiger partial charge in [0, 0.05) is 13.2 Å². The topological polar surface area (TPSA) is 78.6 Å². The molecule has 0 saturated heterocycles. The van der Waals surface area contributed by atoms with Gasteiger partial charge >= 0.3 is 0 Å². The summed E-state index contributed by atoms with van der Waals surface area (Å²) in [5.41, 5.74) is 5.95. The van der Waals surface area contributed by atoms with Crippen molar-refractivity contribution in [2.75, 3.05) is 26.1 Å². The van der Waals surface area contributed by atoms with E-state index >= 15 is 0 Å². The zero-order valence-corrected chi connectivity index (χ0v) is 11.7. The van der Waals surface area contributed by atoms with Crippen molar-refractivity contribution in [3.63, 3.8) is 0 Å². The molecule has 1 unspecified atom stereocenters. The lowest BCUT2D eigenvalue weighted by molar-refractivity contribution is 0.200. The number of hydrogen-bond donors (Lipinski definition) is 1. The smallest absolute Gasteiger partial charge is 0.185 e. The Hall–Kier alpha value is -1.27. The quantitative estimate of drug-likeness (QED) is 0.794. The number of benzene rings is 1. The van der Waals surface area contributed by atoms with Gasteiger partial charge in [0.15, 0.2) is 9.84 Å². The lowest BCUT2D eigenvalue weighted by Gasteiger charge is -2.14. The van der Waals surface area contributed by atoms with Crippen LogP contribution in [0.3, 0.4) is 0 Å². The molecular weight excluding hydrogens is 254 g/mol. The van der Waals surface area contributed by atoms with Crippen molar-refractivity contribution in [3.8, 4) is 5.75 Å². The molecular formula is C12H19NO4S. The molecule has 0 aliphatic carbocycles. The fourth-order valence-corrected chi connectivity index (χ4v) is 2.98. The van der Waals surface area contributed by atoms with Crippen LogP contribution in [-0.4, -0.2) is 34.0 Å². The van der Waals surface area contributed by atoms with Gasteiger partial charge in [-0.1, -0.05) is 0 Å². The van der Waals surface area contributed by atoms with Crippen LogP contribution in [0.5, 0.6) is 5.75 Å². The van der Waals surface area contributed by atoms with Crippen LogP contribution in [0.4, 0.5) is 5.69 Å². The Kier molecular flexibility index (Phi) is 4.98. The van der Waals surface area contributed by atoms with Crippen LogP contribution >= 0.6 is 0 Å². The molecule has 0 bridgehead atoms. The molecule has 0 radical (unpaired) electrons. The number of sulfone groups is 1. The molecule has 0 fully saturated rings. The monoisotopic (exact) mass is 273 g/mol. The molecule has 1 atom stereocenters. The van der Waals surface area contributed by atoms with Crippen LogP contribution in [0.1, 0.15) is 13.8 Å². The highest BCUT2D eigenvalue weighted by molar-refractivity contribution is 7.92. The van der Waals surface area contributed by atoms with Crippen molar-refractivity contribution in [1.82, 2.24) is 0 Å². The molecule has 18 heavy (non-hydrogen) atoms. The average molecular weight is 273 g/mol. The van der Waals surface area contributed by atoms with Gasteiger partial charge in [0.25, 0.3) is 0 Å². The Labute approximate surface area is 108 Å². The van der Waals surface area contributed by atoms with Crippen molar-refractivity contribution in [2.45, 2.75) is 24.0 Å². The Morgan fingerprint density at radius 2 is 2.06 bits per heavy atom. The first-order chi connectivity index (χ1) is 8.43. The van der Waals surface area contributed by atoms with Gasteiger partial charge in [-0.05, 0) is 26.0 Å². The van der Waals surface area contributed by atoms with E-state index in [0.29, 0.717) is 12.4 Å². The molecule has 0 aliphatic heterocycles. The maximum absolute atomic E-state index is 12.3. The molecule has 0 amide bonds. The number of anilines is 1. The predicted molar refractivity (Wildman–Crippen MR) is 70.5 cm³/mol. The van der Waals surface area contributed by atoms with Crippen LogP contribution in [0.15, 0.2) is 23.1 Å². The number of methoxy groups -OCH3 is 1. The Bertz CT molecular complexity index is 499. The Morgan fingerprint density at radius 1 is 1.39 bits per heavy atom. The second-order valence-corrected chi connectivity index (χ2v) is 6.28. The molecule has 0 heterocycles. The summed E-state index contributed by atoms with van der Waals surface area (Å²) in [6.45, 7) is 4.02. The highest BCUT2D eigenvalue weighted by atomic mass is 32.2. The highest BCUT2D eigenvalue weighted by Crippen LogP contribution is 2.27. The minimum absolute atomic E-state index is 0.0954. The number of hydrogen-bond acceptors (Lipinski definition) is 5. The van der Waals surface area contributed by atoms with Gasteiger partial charge in [-0.25, -0.2) is 8.42 Å². The van der Waals surface area contributed by atoms with Crippen molar-refractivity contribution < 1.29 is 17.9 Å². The van der Waals surface area contributed by atoms with Crippen LogP contribution in [-0.2, 0) is 14.6 Å². The fourth-order valence-electron chi connectivity index (χ4n) is 1.56. The summed E-state index contributed by atoms with van der Waals surface area (Å²) in [6, 6.07) is 4.65. The summed E-state index contributed by atoms with van der Waals surface area (Å²) < 4.78 is 34.7. The van der Waals surface area contributed by atoms with E-state index in [-0.39, 0.29) is 17.2 Å². The van der Waals surface area contributed by atoms with E-state index < -0.39 is 15.1 Å². The Morgan fingerprint density at radius 3 is 2.61 bits per heavy atom. The SMILES string of the molecule is CCOc1ccc(N)c(S(=O)(=O)C(C)COC)c1. The summed E-state index contributed by atoms with van der Waals surface area (Å²) in [5.74, 6) is 0.495. The molecule has 0 aliphatic rings. The van der Waals surface area contributed by atoms with Crippen LogP contribution in [0.2, 0.25) is 0 Å². The molecule has 1 rings (SSSR count). The summed E-state index contributed by atoms with van der Waals surface area (Å²) in [6.07, 6.45) is 0. The van der Waals surface area contributed by atoms with Gasteiger partial charge < -0.3 is 15.2 Å². The van der Waals surface area contributed by atoms with Crippen molar-refractivity contribution in [2.24, 2.45) is 0 Å². The minimum atomic E-state index is -3.50. The van der Waals surface area contributed by atoms with Crippen molar-refractivity contribution in [3.05, 3.63) is 18.2 Å². The van der Waals surface area contributed by atoms with E-state index in [0.717, 1.165) is 0 Å². The van der Waals surface area contributed by atoms with E-state index in [4.69, 9.17) is 15.2 Å². The van der Waals surface area contributed by atoms with E-state index in [1.807, 2.05) is 6.92 Å². The van der Waals surface area contributed by atoms with Crippen molar-refractivity contribution in [1.29, 1.82) is 0 Å². The fraction of sp³-hybridized carbons (Fsp3) is 0.500. The van der Waals surface area contributed by atoms with E-state index in [9.17, 15) is 8.42 Å². The number of nitrogen functional groups attached to an aromatic ring is 1. The number of nitrogens with two attached hydrogens (primary N) is 1. The summed E-state index contributed by atoms with van der Waals surface area (Å²) in [7, 11) is -2.04. The first kappa shape index (κ1) is 14.8. The van der Waals surface area contributed by atoms with Crippen molar-refractivity contribution >= 4 is 15.5 Å². The molecule has 1 aromatic carbocycles. The predicted octanol–water partition coefficient (Wildman–Crippen LogP) is 1.48. The first-order valence-corrected chi connectivity index (χ1v) is 7.23.